The Labute approximate surface area is 191 Å². The Bertz CT molecular complexity index is 1030. The Morgan fingerprint density at radius 3 is 2.64 bits per heavy atom. The number of nitrogens with one attached hydrogen (secondary N) is 1. The molecule has 0 saturated carbocycles. The molecule has 2 aromatic heterocycles. The van der Waals surface area contributed by atoms with Crippen LogP contribution in [0.1, 0.15) is 52.5 Å². The van der Waals surface area contributed by atoms with Gasteiger partial charge in [-0.3, -0.25) is 9.78 Å². The predicted octanol–water partition coefficient (Wildman–Crippen LogP) is 5.23. The number of primary amides is 1. The number of nitrogens with two attached hydrogens (primary N) is 1. The number of hydrogen-bond donors (Lipinski definition) is 2. The van der Waals surface area contributed by atoms with Crippen molar-refractivity contribution in [3.8, 4) is 11.3 Å². The van der Waals surface area contributed by atoms with Crippen LogP contribution in [0.15, 0.2) is 49.3 Å². The van der Waals surface area contributed by atoms with Gasteiger partial charge in [-0.2, -0.15) is 13.9 Å². The summed E-state index contributed by atoms with van der Waals surface area (Å²) in [6.07, 6.45) is 6.25. The number of amides is 2. The molecule has 3 N–H and O–H groups in total. The average Bonchev–Trinajstić information content (AvgIpc) is 3.15. The molecule has 0 aromatic carbocycles. The first-order valence-electron chi connectivity index (χ1n) is 10.3. The summed E-state index contributed by atoms with van der Waals surface area (Å²) >= 11 is 0. The quantitative estimate of drug-likeness (QED) is 0.497. The van der Waals surface area contributed by atoms with E-state index in [1.165, 1.54) is 24.4 Å². The molecule has 8 nitrogen and oxygen atoms in total. The van der Waals surface area contributed by atoms with E-state index < -0.39 is 30.6 Å². The Morgan fingerprint density at radius 1 is 1.36 bits per heavy atom. The molecule has 0 aliphatic rings. The molecule has 0 aliphatic heterocycles. The smallest absolute Gasteiger partial charge is 0.405 e. The molecule has 0 spiro atoms. The number of hydrogen-bond acceptors (Lipinski definition) is 5. The van der Waals surface area contributed by atoms with Gasteiger partial charge in [-0.25, -0.2) is 9.48 Å². The predicted molar refractivity (Wildman–Crippen MR) is 121 cm³/mol. The van der Waals surface area contributed by atoms with Crippen LogP contribution in [-0.4, -0.2) is 26.8 Å². The molecule has 0 fully saturated rings. The molecule has 0 aliphatic carbocycles. The van der Waals surface area contributed by atoms with Crippen molar-refractivity contribution in [2.45, 2.75) is 46.8 Å². The van der Waals surface area contributed by atoms with E-state index in [9.17, 15) is 18.4 Å². The van der Waals surface area contributed by atoms with Gasteiger partial charge in [0.2, 0.25) is 5.91 Å². The zero-order chi connectivity index (χ0) is 24.8. The normalized spacial score (nSPS) is 13.7. The van der Waals surface area contributed by atoms with Crippen LogP contribution in [0.3, 0.4) is 0 Å². The Balaban J connectivity index is 2.48. The molecule has 10 heteroatoms. The second-order valence-electron chi connectivity index (χ2n) is 8.54. The molecule has 0 radical (unpaired) electrons. The van der Waals surface area contributed by atoms with Gasteiger partial charge in [0, 0.05) is 18.2 Å². The van der Waals surface area contributed by atoms with Crippen molar-refractivity contribution in [2.24, 2.45) is 17.1 Å². The Kier molecular flexibility index (Phi) is 8.44. The number of alkyl halides is 2. The summed E-state index contributed by atoms with van der Waals surface area (Å²) in [6, 6.07) is 3.00. The number of aromatic nitrogens is 3. The third-order valence-electron chi connectivity index (χ3n) is 4.62. The number of allylic oxidation sites excluding steroid dienone is 1. The molecule has 178 valence electrons. The first kappa shape index (κ1) is 25.7. The number of ether oxygens (including phenoxy) is 1. The summed E-state index contributed by atoms with van der Waals surface area (Å²) < 4.78 is 33.0. The summed E-state index contributed by atoms with van der Waals surface area (Å²) in [4.78, 5) is 28.0. The lowest BCUT2D eigenvalue weighted by Gasteiger charge is -2.17. The summed E-state index contributed by atoms with van der Waals surface area (Å²) in [5, 5.41) is 6.32. The maximum Gasteiger partial charge on any atom is 0.405 e. The van der Waals surface area contributed by atoms with Gasteiger partial charge >= 0.3 is 12.6 Å². The van der Waals surface area contributed by atoms with E-state index >= 15 is 0 Å². The Morgan fingerprint density at radius 2 is 2.06 bits per heavy atom. The van der Waals surface area contributed by atoms with Crippen LogP contribution in [0.25, 0.3) is 11.3 Å². The van der Waals surface area contributed by atoms with Crippen LogP contribution in [0, 0.1) is 11.3 Å². The zero-order valence-electron chi connectivity index (χ0n) is 19.1. The van der Waals surface area contributed by atoms with Crippen LogP contribution in [-0.2, 0) is 9.53 Å². The molecule has 2 aromatic rings. The SMILES string of the molecule is C=CC(C)C(=O)Nc1cnn(C(F)F)c1-c1ccnc([C@@H](CC=CC(C)(C)C)OC(N)=O)c1. The number of pyridine rings is 1. The molecule has 2 heterocycles. The van der Waals surface area contributed by atoms with Gasteiger partial charge in [-0.1, -0.05) is 45.9 Å². The summed E-state index contributed by atoms with van der Waals surface area (Å²) in [5.41, 5.74) is 5.83. The number of halogens is 2. The molecule has 2 atom stereocenters. The molecule has 33 heavy (non-hydrogen) atoms. The number of rotatable bonds is 9. The van der Waals surface area contributed by atoms with E-state index in [0.717, 1.165) is 6.20 Å². The monoisotopic (exact) mass is 461 g/mol. The summed E-state index contributed by atoms with van der Waals surface area (Å²) in [5.74, 6) is -0.958. The van der Waals surface area contributed by atoms with Gasteiger partial charge < -0.3 is 15.8 Å². The maximum absolute atomic E-state index is 13.7. The van der Waals surface area contributed by atoms with Crippen molar-refractivity contribution in [3.05, 3.63) is 55.0 Å². The molecule has 0 saturated heterocycles. The van der Waals surface area contributed by atoms with E-state index in [4.69, 9.17) is 10.5 Å². The minimum Gasteiger partial charge on any atom is -0.440 e. The van der Waals surface area contributed by atoms with E-state index in [2.05, 4.69) is 22.0 Å². The van der Waals surface area contributed by atoms with E-state index in [-0.39, 0.29) is 23.2 Å². The lowest BCUT2D eigenvalue weighted by molar-refractivity contribution is -0.118. The number of carbonyl (C=O) groups excluding carboxylic acids is 2. The van der Waals surface area contributed by atoms with E-state index in [0.29, 0.717) is 15.9 Å². The van der Waals surface area contributed by atoms with Crippen LogP contribution < -0.4 is 11.1 Å². The second kappa shape index (κ2) is 10.8. The van der Waals surface area contributed by atoms with Crippen LogP contribution in [0.5, 0.6) is 0 Å². The van der Waals surface area contributed by atoms with Gasteiger partial charge in [0.1, 0.15) is 6.10 Å². The summed E-state index contributed by atoms with van der Waals surface area (Å²) in [7, 11) is 0. The van der Waals surface area contributed by atoms with Gasteiger partial charge in [0.05, 0.1) is 29.2 Å². The van der Waals surface area contributed by atoms with Gasteiger partial charge in [-0.15, -0.1) is 6.58 Å². The van der Waals surface area contributed by atoms with Crippen molar-refractivity contribution in [2.75, 3.05) is 5.32 Å². The fourth-order valence-electron chi connectivity index (χ4n) is 2.93. The van der Waals surface area contributed by atoms with Crippen LogP contribution >= 0.6 is 0 Å². The van der Waals surface area contributed by atoms with Gasteiger partial charge in [-0.05, 0) is 17.5 Å². The highest BCUT2D eigenvalue weighted by Crippen LogP contribution is 2.33. The molecule has 0 bridgehead atoms. The topological polar surface area (TPSA) is 112 Å². The standard InChI is InChI=1S/C23H29F2N5O3/c1-6-14(2)20(31)29-17-13-28-30(21(24)25)19(17)15-9-11-27-16(12-15)18(33-22(26)32)8-7-10-23(3,4)5/h6-7,9-14,18,21H,1,8H2,2-5H3,(H2,26,32)(H,29,31)/t14?,18-/m1/s1. The van der Waals surface area contributed by atoms with Crippen LogP contribution in [0.2, 0.25) is 0 Å². The fraction of sp³-hybridized carbons (Fsp3) is 0.391. The highest BCUT2D eigenvalue weighted by atomic mass is 19.3. The molecule has 2 rings (SSSR count). The van der Waals surface area contributed by atoms with Crippen molar-refractivity contribution in [1.82, 2.24) is 14.8 Å². The average molecular weight is 462 g/mol. The van der Waals surface area contributed by atoms with Gasteiger partial charge in [0.15, 0.2) is 0 Å². The molecule has 1 unspecified atom stereocenters. The second-order valence-corrected chi connectivity index (χ2v) is 8.54. The lowest BCUT2D eigenvalue weighted by Crippen LogP contribution is -2.19. The minimum atomic E-state index is -2.95. The van der Waals surface area contributed by atoms with E-state index in [1.54, 1.807) is 6.92 Å². The highest BCUT2D eigenvalue weighted by Gasteiger charge is 2.23. The fourth-order valence-corrected chi connectivity index (χ4v) is 2.93. The largest absolute Gasteiger partial charge is 0.440 e. The van der Waals surface area contributed by atoms with Gasteiger partial charge in [0.25, 0.3) is 0 Å². The maximum atomic E-state index is 13.7. The first-order valence-corrected chi connectivity index (χ1v) is 10.3. The minimum absolute atomic E-state index is 0.0127. The van der Waals surface area contributed by atoms with Crippen molar-refractivity contribution in [3.63, 3.8) is 0 Å². The van der Waals surface area contributed by atoms with Crippen molar-refractivity contribution >= 4 is 17.7 Å². The van der Waals surface area contributed by atoms with E-state index in [1.807, 2.05) is 32.9 Å². The summed E-state index contributed by atoms with van der Waals surface area (Å²) in [6.45, 7) is 8.28. The first-order chi connectivity index (χ1) is 15.4. The molecular weight excluding hydrogens is 432 g/mol. The number of carbonyl (C=O) groups is 2. The number of anilines is 1. The number of nitrogens with zero attached hydrogens (tertiary/aromatic N) is 3. The molecule has 2 amide bonds. The zero-order valence-corrected chi connectivity index (χ0v) is 19.1. The highest BCUT2D eigenvalue weighted by molar-refractivity contribution is 5.96. The van der Waals surface area contributed by atoms with Crippen LogP contribution in [0.4, 0.5) is 19.3 Å². The Hall–Kier alpha value is -3.56. The lowest BCUT2D eigenvalue weighted by atomic mass is 9.95. The molecular formula is C23H29F2N5O3. The third-order valence-corrected chi connectivity index (χ3v) is 4.62. The third kappa shape index (κ3) is 7.23. The van der Waals surface area contributed by atoms with Crippen molar-refractivity contribution in [1.29, 1.82) is 0 Å². The van der Waals surface area contributed by atoms with Crippen molar-refractivity contribution < 1.29 is 23.1 Å².